The van der Waals surface area contributed by atoms with E-state index in [1.54, 1.807) is 0 Å². The molecule has 0 aromatic rings. The van der Waals surface area contributed by atoms with Crippen molar-refractivity contribution >= 4 is 22.6 Å². The average molecular weight is 182 g/mol. The Kier molecular flexibility index (Phi) is 4.89. The van der Waals surface area contributed by atoms with Crippen LogP contribution in [0.4, 0.5) is 0 Å². The van der Waals surface area contributed by atoms with E-state index in [2.05, 4.69) is 35.6 Å². The molecule has 0 aromatic carbocycles. The molecule has 30 valence electrons. The van der Waals surface area contributed by atoms with E-state index in [0.717, 1.165) is 6.42 Å². The van der Waals surface area contributed by atoms with Crippen LogP contribution < -0.4 is 0 Å². The molecule has 0 fully saturated rings. The summed E-state index contributed by atoms with van der Waals surface area (Å²) in [5, 5.41) is 0. The summed E-state index contributed by atoms with van der Waals surface area (Å²) in [7, 11) is 0. The fraction of sp³-hybridized carbons (Fsp3) is 0.500. The van der Waals surface area contributed by atoms with E-state index in [9.17, 15) is 0 Å². The van der Waals surface area contributed by atoms with Crippen LogP contribution in [0.25, 0.3) is 0 Å². The van der Waals surface area contributed by atoms with Crippen LogP contribution in [0.1, 0.15) is 13.3 Å². The third kappa shape index (κ3) is 4.47. The quantitative estimate of drug-likeness (QED) is 0.546. The Morgan fingerprint density at radius 3 is 2.40 bits per heavy atom. The molecular formula is C4H7I. The molecule has 1 heteroatoms. The lowest BCUT2D eigenvalue weighted by Gasteiger charge is -1.63. The standard InChI is InChI=1S/C4H7I/c1-2-3-4-5/h3-4H,2H2,1H3/b4-3-. The van der Waals surface area contributed by atoms with Gasteiger partial charge in [0.25, 0.3) is 0 Å². The van der Waals surface area contributed by atoms with Crippen LogP contribution in [-0.4, -0.2) is 0 Å². The second kappa shape index (κ2) is 4.47. The maximum atomic E-state index is 2.21. The van der Waals surface area contributed by atoms with Crippen molar-refractivity contribution < 1.29 is 0 Å². The fourth-order valence-electron chi connectivity index (χ4n) is 0.0891. The highest BCUT2D eigenvalue weighted by atomic mass is 127. The molecule has 0 bridgehead atoms. The van der Waals surface area contributed by atoms with E-state index < -0.39 is 0 Å². The van der Waals surface area contributed by atoms with Crippen LogP contribution in [0.5, 0.6) is 0 Å². The SMILES string of the molecule is CC/C=C\I. The van der Waals surface area contributed by atoms with Gasteiger partial charge in [0.2, 0.25) is 0 Å². The van der Waals surface area contributed by atoms with Gasteiger partial charge in [-0.2, -0.15) is 0 Å². The topological polar surface area (TPSA) is 0 Å². The van der Waals surface area contributed by atoms with Gasteiger partial charge in [-0.15, -0.1) is 0 Å². The molecule has 5 heavy (non-hydrogen) atoms. The van der Waals surface area contributed by atoms with Crippen LogP contribution in [0.2, 0.25) is 0 Å². The van der Waals surface area contributed by atoms with Crippen molar-refractivity contribution in [3.63, 3.8) is 0 Å². The summed E-state index contributed by atoms with van der Waals surface area (Å²) in [5.74, 6) is 0. The zero-order valence-electron chi connectivity index (χ0n) is 3.24. The van der Waals surface area contributed by atoms with E-state index in [1.165, 1.54) is 0 Å². The predicted molar refractivity (Wildman–Crippen MR) is 33.5 cm³/mol. The van der Waals surface area contributed by atoms with Crippen molar-refractivity contribution in [3.05, 3.63) is 10.2 Å². The van der Waals surface area contributed by atoms with E-state index in [1.807, 2.05) is 4.08 Å². The zero-order chi connectivity index (χ0) is 4.12. The molecule has 0 aliphatic carbocycles. The van der Waals surface area contributed by atoms with Crippen molar-refractivity contribution in [1.82, 2.24) is 0 Å². The van der Waals surface area contributed by atoms with Gasteiger partial charge in [0.1, 0.15) is 0 Å². The van der Waals surface area contributed by atoms with Crippen LogP contribution in [0, 0.1) is 0 Å². The van der Waals surface area contributed by atoms with Crippen molar-refractivity contribution in [3.8, 4) is 0 Å². The molecule has 0 radical (unpaired) electrons. The highest BCUT2D eigenvalue weighted by Crippen LogP contribution is 1.84. The normalized spacial score (nSPS) is 10.0. The minimum absolute atomic E-state index is 1.16. The molecule has 0 atom stereocenters. The lowest BCUT2D eigenvalue weighted by atomic mass is 10.5. The molecular weight excluding hydrogens is 175 g/mol. The van der Waals surface area contributed by atoms with Gasteiger partial charge in [-0.3, -0.25) is 0 Å². The summed E-state index contributed by atoms with van der Waals surface area (Å²) in [5.41, 5.74) is 0. The molecule has 0 unspecified atom stereocenters. The summed E-state index contributed by atoms with van der Waals surface area (Å²) in [4.78, 5) is 0. The molecule has 0 aliphatic rings. The molecule has 0 aliphatic heterocycles. The molecule has 0 saturated heterocycles. The van der Waals surface area contributed by atoms with Crippen LogP contribution in [-0.2, 0) is 0 Å². The Balaban J connectivity index is 2.62. The highest BCUT2D eigenvalue weighted by Gasteiger charge is 1.53. The number of hydrogen-bond acceptors (Lipinski definition) is 0. The first-order valence-corrected chi connectivity index (χ1v) is 2.91. The Morgan fingerprint density at radius 2 is 2.40 bits per heavy atom. The number of rotatable bonds is 1. The molecule has 0 aromatic heterocycles. The zero-order valence-corrected chi connectivity index (χ0v) is 5.40. The van der Waals surface area contributed by atoms with E-state index in [-0.39, 0.29) is 0 Å². The summed E-state index contributed by atoms with van der Waals surface area (Å²) < 4.78 is 2.03. The smallest absolute Gasteiger partial charge is 0.0274 e. The third-order valence-electron chi connectivity index (χ3n) is 0.325. The summed E-state index contributed by atoms with van der Waals surface area (Å²) in [6, 6.07) is 0. The second-order valence-corrected chi connectivity index (χ2v) is 1.49. The third-order valence-corrected chi connectivity index (χ3v) is 0.833. The van der Waals surface area contributed by atoms with Crippen LogP contribution >= 0.6 is 22.6 Å². The van der Waals surface area contributed by atoms with Crippen molar-refractivity contribution in [2.45, 2.75) is 13.3 Å². The molecule has 0 amide bonds. The summed E-state index contributed by atoms with van der Waals surface area (Å²) in [6.45, 7) is 2.12. The molecule has 0 rings (SSSR count). The van der Waals surface area contributed by atoms with E-state index >= 15 is 0 Å². The van der Waals surface area contributed by atoms with Crippen molar-refractivity contribution in [1.29, 1.82) is 0 Å². The maximum absolute atomic E-state index is 2.21. The van der Waals surface area contributed by atoms with Gasteiger partial charge in [0.15, 0.2) is 0 Å². The molecule has 0 heterocycles. The Morgan fingerprint density at radius 1 is 1.80 bits per heavy atom. The number of allylic oxidation sites excluding steroid dienone is 1. The van der Waals surface area contributed by atoms with Gasteiger partial charge >= 0.3 is 0 Å². The number of halogens is 1. The lowest BCUT2D eigenvalue weighted by molar-refractivity contribution is 1.23. The van der Waals surface area contributed by atoms with Gasteiger partial charge in [-0.25, -0.2) is 0 Å². The molecule has 0 N–H and O–H groups in total. The Bertz CT molecular complexity index is 30.6. The van der Waals surface area contributed by atoms with E-state index in [0.29, 0.717) is 0 Å². The van der Waals surface area contributed by atoms with Gasteiger partial charge in [-0.05, 0) is 10.5 Å². The van der Waals surface area contributed by atoms with Crippen molar-refractivity contribution in [2.24, 2.45) is 0 Å². The summed E-state index contributed by atoms with van der Waals surface area (Å²) in [6.07, 6.45) is 3.27. The Hall–Kier alpha value is 0.470. The van der Waals surface area contributed by atoms with Gasteiger partial charge in [-0.1, -0.05) is 35.6 Å². The lowest BCUT2D eigenvalue weighted by Crippen LogP contribution is -1.40. The Labute approximate surface area is 46.4 Å². The minimum atomic E-state index is 1.16. The average Bonchev–Trinajstić information content (AvgIpc) is 1.41. The van der Waals surface area contributed by atoms with Crippen LogP contribution in [0.15, 0.2) is 10.2 Å². The molecule has 0 nitrogen and oxygen atoms in total. The second-order valence-electron chi connectivity index (χ2n) is 0.770. The molecule has 0 spiro atoms. The van der Waals surface area contributed by atoms with Crippen molar-refractivity contribution in [2.75, 3.05) is 0 Å². The van der Waals surface area contributed by atoms with Gasteiger partial charge in [0.05, 0.1) is 0 Å². The van der Waals surface area contributed by atoms with E-state index in [4.69, 9.17) is 0 Å². The van der Waals surface area contributed by atoms with Gasteiger partial charge in [0, 0.05) is 0 Å². The maximum Gasteiger partial charge on any atom is -0.0274 e. The predicted octanol–water partition coefficient (Wildman–Crippen LogP) is 2.35. The fourth-order valence-corrected chi connectivity index (χ4v) is 0.598. The van der Waals surface area contributed by atoms with Crippen LogP contribution in [0.3, 0.4) is 0 Å². The first-order valence-electron chi connectivity index (χ1n) is 1.67. The summed E-state index contributed by atoms with van der Waals surface area (Å²) >= 11 is 2.21. The monoisotopic (exact) mass is 182 g/mol. The highest BCUT2D eigenvalue weighted by molar-refractivity contribution is 14.1. The largest absolute Gasteiger partial charge is 0.0787 e. The van der Waals surface area contributed by atoms with Gasteiger partial charge < -0.3 is 0 Å². The molecule has 0 saturated carbocycles. The minimum Gasteiger partial charge on any atom is -0.0787 e. The first-order chi connectivity index (χ1) is 2.41. The first kappa shape index (κ1) is 5.47. The number of hydrogen-bond donors (Lipinski definition) is 0.